The average molecular weight is 344 g/mol. The molecule has 2 rings (SSSR count). The SMILES string of the molecule is CCC(CC)C(=O)N1CCCC(C)(C(=O)NCc2ccc(C)cc2)C1. The van der Waals surface area contributed by atoms with E-state index in [1.165, 1.54) is 5.56 Å². The van der Waals surface area contributed by atoms with Gasteiger partial charge in [0, 0.05) is 25.6 Å². The lowest BCUT2D eigenvalue weighted by Gasteiger charge is -2.40. The molecule has 0 spiro atoms. The predicted molar refractivity (Wildman–Crippen MR) is 101 cm³/mol. The molecule has 0 aromatic heterocycles. The van der Waals surface area contributed by atoms with E-state index in [-0.39, 0.29) is 17.7 Å². The van der Waals surface area contributed by atoms with Crippen LogP contribution in [0.5, 0.6) is 0 Å². The molecule has 1 fully saturated rings. The molecular weight excluding hydrogens is 312 g/mol. The Hall–Kier alpha value is -1.84. The Morgan fingerprint density at radius 1 is 1.20 bits per heavy atom. The summed E-state index contributed by atoms with van der Waals surface area (Å²) in [6.07, 6.45) is 3.45. The first kappa shape index (κ1) is 19.5. The standard InChI is InChI=1S/C21H32N2O2/c1-5-18(6-2)19(24)23-13-7-12-21(4,15-23)20(25)22-14-17-10-8-16(3)9-11-17/h8-11,18H,5-7,12-15H2,1-4H3,(H,22,25). The Bertz CT molecular complexity index is 592. The van der Waals surface area contributed by atoms with E-state index in [0.717, 1.165) is 37.8 Å². The summed E-state index contributed by atoms with van der Waals surface area (Å²) in [5.74, 6) is 0.343. The summed E-state index contributed by atoms with van der Waals surface area (Å²) in [6.45, 7) is 10.0. The van der Waals surface area contributed by atoms with E-state index in [2.05, 4.69) is 38.2 Å². The van der Waals surface area contributed by atoms with Crippen LogP contribution >= 0.6 is 0 Å². The summed E-state index contributed by atoms with van der Waals surface area (Å²) in [4.78, 5) is 27.4. The van der Waals surface area contributed by atoms with Gasteiger partial charge in [0.25, 0.3) is 0 Å². The highest BCUT2D eigenvalue weighted by Gasteiger charge is 2.40. The van der Waals surface area contributed by atoms with E-state index in [0.29, 0.717) is 13.1 Å². The number of aryl methyl sites for hydroxylation is 1. The van der Waals surface area contributed by atoms with Crippen LogP contribution in [-0.4, -0.2) is 29.8 Å². The van der Waals surface area contributed by atoms with Gasteiger partial charge in [0.05, 0.1) is 5.41 Å². The number of carbonyl (C=O) groups is 2. The van der Waals surface area contributed by atoms with Crippen LogP contribution in [0.15, 0.2) is 24.3 Å². The van der Waals surface area contributed by atoms with Crippen molar-refractivity contribution in [3.05, 3.63) is 35.4 Å². The minimum Gasteiger partial charge on any atom is -0.351 e. The van der Waals surface area contributed by atoms with Crippen LogP contribution in [0.25, 0.3) is 0 Å². The van der Waals surface area contributed by atoms with E-state index in [4.69, 9.17) is 0 Å². The zero-order valence-corrected chi connectivity index (χ0v) is 16.1. The molecule has 1 aliphatic rings. The van der Waals surface area contributed by atoms with Crippen LogP contribution in [0.3, 0.4) is 0 Å². The molecule has 0 bridgehead atoms. The van der Waals surface area contributed by atoms with Gasteiger partial charge in [-0.05, 0) is 45.1 Å². The number of nitrogens with one attached hydrogen (secondary N) is 1. The lowest BCUT2D eigenvalue weighted by Crippen LogP contribution is -2.52. The van der Waals surface area contributed by atoms with Gasteiger partial charge in [-0.2, -0.15) is 0 Å². The minimum absolute atomic E-state index is 0.0510. The third-order valence-electron chi connectivity index (χ3n) is 5.46. The molecule has 4 heteroatoms. The van der Waals surface area contributed by atoms with Gasteiger partial charge in [0.2, 0.25) is 11.8 Å². The molecule has 1 saturated heterocycles. The van der Waals surface area contributed by atoms with Crippen LogP contribution in [-0.2, 0) is 16.1 Å². The molecule has 1 atom stereocenters. The maximum Gasteiger partial charge on any atom is 0.227 e. The van der Waals surface area contributed by atoms with Gasteiger partial charge in [-0.1, -0.05) is 43.7 Å². The zero-order chi connectivity index (χ0) is 18.4. The Kier molecular flexibility index (Phi) is 6.63. The van der Waals surface area contributed by atoms with Crippen molar-refractivity contribution in [1.29, 1.82) is 0 Å². The van der Waals surface area contributed by atoms with E-state index in [9.17, 15) is 9.59 Å². The molecule has 138 valence electrons. The molecule has 4 nitrogen and oxygen atoms in total. The number of carbonyl (C=O) groups excluding carboxylic acids is 2. The van der Waals surface area contributed by atoms with Crippen molar-refractivity contribution in [3.8, 4) is 0 Å². The van der Waals surface area contributed by atoms with Crippen LogP contribution in [0, 0.1) is 18.3 Å². The van der Waals surface area contributed by atoms with Gasteiger partial charge >= 0.3 is 0 Å². The highest BCUT2D eigenvalue weighted by molar-refractivity contribution is 5.84. The number of hydrogen-bond acceptors (Lipinski definition) is 2. The molecule has 0 radical (unpaired) electrons. The van der Waals surface area contributed by atoms with Crippen molar-refractivity contribution in [2.75, 3.05) is 13.1 Å². The smallest absolute Gasteiger partial charge is 0.227 e. The first-order chi connectivity index (χ1) is 11.9. The zero-order valence-electron chi connectivity index (χ0n) is 16.1. The number of piperidine rings is 1. The van der Waals surface area contributed by atoms with E-state index in [1.807, 2.05) is 24.0 Å². The molecule has 1 unspecified atom stereocenters. The second-order valence-corrected chi connectivity index (χ2v) is 7.61. The maximum atomic E-state index is 12.8. The van der Waals surface area contributed by atoms with Crippen molar-refractivity contribution < 1.29 is 9.59 Å². The number of benzene rings is 1. The Morgan fingerprint density at radius 3 is 2.44 bits per heavy atom. The quantitative estimate of drug-likeness (QED) is 0.856. The fourth-order valence-corrected chi connectivity index (χ4v) is 3.61. The first-order valence-electron chi connectivity index (χ1n) is 9.52. The van der Waals surface area contributed by atoms with E-state index < -0.39 is 5.41 Å². The van der Waals surface area contributed by atoms with Gasteiger partial charge in [-0.15, -0.1) is 0 Å². The molecule has 1 N–H and O–H groups in total. The van der Waals surface area contributed by atoms with Crippen LogP contribution in [0.1, 0.15) is 57.6 Å². The number of likely N-dealkylation sites (tertiary alicyclic amines) is 1. The number of hydrogen-bond donors (Lipinski definition) is 1. The minimum atomic E-state index is -0.495. The fraction of sp³-hybridized carbons (Fsp3) is 0.619. The number of amides is 2. The summed E-state index contributed by atoms with van der Waals surface area (Å²) in [5, 5.41) is 3.07. The number of rotatable bonds is 6. The second kappa shape index (κ2) is 8.50. The third-order valence-corrected chi connectivity index (χ3v) is 5.46. The monoisotopic (exact) mass is 344 g/mol. The highest BCUT2D eigenvalue weighted by atomic mass is 16.2. The lowest BCUT2D eigenvalue weighted by molar-refractivity contribution is -0.143. The highest BCUT2D eigenvalue weighted by Crippen LogP contribution is 2.31. The summed E-state index contributed by atoms with van der Waals surface area (Å²) >= 11 is 0. The summed E-state index contributed by atoms with van der Waals surface area (Å²) in [6, 6.07) is 8.20. The molecular formula is C21H32N2O2. The van der Waals surface area contributed by atoms with Crippen LogP contribution in [0.2, 0.25) is 0 Å². The third kappa shape index (κ3) is 4.83. The molecule has 1 aliphatic heterocycles. The molecule has 0 saturated carbocycles. The van der Waals surface area contributed by atoms with Crippen molar-refractivity contribution in [2.45, 2.75) is 59.9 Å². The maximum absolute atomic E-state index is 12.8. The summed E-state index contributed by atoms with van der Waals surface area (Å²) in [7, 11) is 0. The molecule has 25 heavy (non-hydrogen) atoms. The molecule has 1 aromatic carbocycles. The number of nitrogens with zero attached hydrogens (tertiary/aromatic N) is 1. The predicted octanol–water partition coefficient (Wildman–Crippen LogP) is 3.68. The molecule has 0 aliphatic carbocycles. The molecule has 1 heterocycles. The largest absolute Gasteiger partial charge is 0.351 e. The van der Waals surface area contributed by atoms with E-state index >= 15 is 0 Å². The van der Waals surface area contributed by atoms with Crippen LogP contribution < -0.4 is 5.32 Å². The first-order valence-corrected chi connectivity index (χ1v) is 9.52. The van der Waals surface area contributed by atoms with E-state index in [1.54, 1.807) is 0 Å². The summed E-state index contributed by atoms with van der Waals surface area (Å²) in [5.41, 5.74) is 1.82. The van der Waals surface area contributed by atoms with Crippen molar-refractivity contribution in [3.63, 3.8) is 0 Å². The Balaban J connectivity index is 1.97. The van der Waals surface area contributed by atoms with Gasteiger partial charge in [0.1, 0.15) is 0 Å². The second-order valence-electron chi connectivity index (χ2n) is 7.61. The Morgan fingerprint density at radius 2 is 1.84 bits per heavy atom. The van der Waals surface area contributed by atoms with Crippen molar-refractivity contribution in [2.24, 2.45) is 11.3 Å². The topological polar surface area (TPSA) is 49.4 Å². The normalized spacial score (nSPS) is 20.6. The van der Waals surface area contributed by atoms with Gasteiger partial charge < -0.3 is 10.2 Å². The van der Waals surface area contributed by atoms with Gasteiger partial charge in [0.15, 0.2) is 0 Å². The van der Waals surface area contributed by atoms with Crippen molar-refractivity contribution >= 4 is 11.8 Å². The van der Waals surface area contributed by atoms with Crippen molar-refractivity contribution in [1.82, 2.24) is 10.2 Å². The van der Waals surface area contributed by atoms with Gasteiger partial charge in [-0.3, -0.25) is 9.59 Å². The molecule has 1 aromatic rings. The fourth-order valence-electron chi connectivity index (χ4n) is 3.61. The van der Waals surface area contributed by atoms with Crippen LogP contribution in [0.4, 0.5) is 0 Å². The molecule has 2 amide bonds. The van der Waals surface area contributed by atoms with Gasteiger partial charge in [-0.25, -0.2) is 0 Å². The Labute approximate surface area is 152 Å². The average Bonchev–Trinajstić information content (AvgIpc) is 2.62. The summed E-state index contributed by atoms with van der Waals surface area (Å²) < 4.78 is 0. The lowest BCUT2D eigenvalue weighted by atomic mass is 9.80.